The van der Waals surface area contributed by atoms with Crippen LogP contribution in [0.25, 0.3) is 0 Å². The molecule has 0 radical (unpaired) electrons. The molecule has 0 rings (SSSR count). The minimum absolute atomic E-state index is 0. The van der Waals surface area contributed by atoms with E-state index in [1.807, 2.05) is 0 Å². The van der Waals surface area contributed by atoms with Crippen molar-refractivity contribution in [1.82, 2.24) is 0 Å². The third-order valence-corrected chi connectivity index (χ3v) is 0. The smallest absolute Gasteiger partial charge is 0.759 e. The third-order valence-electron chi connectivity index (χ3n) is 0. The predicted molar refractivity (Wildman–Crippen MR) is 18.8 cm³/mol. The molecule has 8 heavy (non-hydrogen) atoms. The molecular weight excluding hydrogens is 180 g/mol. The molecule has 0 aromatic carbocycles. The van der Waals surface area contributed by atoms with E-state index in [2.05, 4.69) is 11.7 Å². The van der Waals surface area contributed by atoms with Crippen LogP contribution in [0.1, 0.15) is 0 Å². The zero-order valence-electron chi connectivity index (χ0n) is 3.55. The first-order valence-electron chi connectivity index (χ1n) is 1.00. The average molecular weight is 184 g/mol. The molecule has 8 heteroatoms. The summed E-state index contributed by atoms with van der Waals surface area (Å²) in [6.07, 6.45) is 0. The molecule has 0 aromatic heterocycles. The van der Waals surface area contributed by atoms with Crippen molar-refractivity contribution in [2.45, 2.75) is 0 Å². The van der Waals surface area contributed by atoms with Gasteiger partial charge >= 0.3 is 17.1 Å². The molecule has 52 valence electrons. The van der Waals surface area contributed by atoms with E-state index >= 15 is 0 Å². The second-order valence-corrected chi connectivity index (χ2v) is 1.22. The molecule has 0 aromatic rings. The molecule has 0 aliphatic carbocycles. The molecule has 0 saturated heterocycles. The quantitative estimate of drug-likeness (QED) is 0.140. The predicted octanol–water partition coefficient (Wildman–Crippen LogP) is -2.52. The Bertz CT molecular complexity index is 97.2. The van der Waals surface area contributed by atoms with Gasteiger partial charge in [0, 0.05) is 10.4 Å². The summed E-state index contributed by atoms with van der Waals surface area (Å²) in [5.41, 5.74) is 0. The van der Waals surface area contributed by atoms with Crippen molar-refractivity contribution in [3.05, 3.63) is 0 Å². The van der Waals surface area contributed by atoms with Crippen LogP contribution in [-0.2, 0) is 27.5 Å². The van der Waals surface area contributed by atoms with Gasteiger partial charge in [-0.3, -0.25) is 20.1 Å². The Kier molecular flexibility index (Phi) is 14.4. The van der Waals surface area contributed by atoms with Crippen molar-refractivity contribution in [3.63, 3.8) is 0 Å². The molecule has 0 heterocycles. The van der Waals surface area contributed by atoms with Crippen molar-refractivity contribution >= 4 is 10.4 Å². The average Bonchev–Trinajstić information content (AvgIpc) is 1.36. The van der Waals surface area contributed by atoms with Crippen LogP contribution >= 0.6 is 0 Å². The van der Waals surface area contributed by atoms with Crippen LogP contribution in [0.2, 0.25) is 0 Å². The minimum Gasteiger partial charge on any atom is -0.759 e. The van der Waals surface area contributed by atoms with Gasteiger partial charge in [-0.2, -0.15) is 0 Å². The maximum absolute atomic E-state index is 8.52. The zero-order valence-corrected chi connectivity index (χ0v) is 5.47. The summed E-state index contributed by atoms with van der Waals surface area (Å²) >= 11 is 0. The van der Waals surface area contributed by atoms with Crippen LogP contribution in [0.5, 0.6) is 0 Å². The number of rotatable bonds is 0. The summed E-state index contributed by atoms with van der Waals surface area (Å²) in [4.78, 5) is 0. The maximum Gasteiger partial charge on any atom is 2.00 e. The van der Waals surface area contributed by atoms with Crippen molar-refractivity contribution < 1.29 is 34.6 Å². The number of nitrogens with two attached hydrogens (primary N) is 2. The van der Waals surface area contributed by atoms with Crippen LogP contribution in [-0.4, -0.2) is 17.5 Å². The minimum atomic E-state index is -5.17. The number of hydrazine groups is 1. The SMILES string of the molecule is NN.O=S(=O)([O-])[O-].[Fe+2]. The first-order chi connectivity index (χ1) is 3.00. The summed E-state index contributed by atoms with van der Waals surface area (Å²) < 4.78 is 34.1. The summed E-state index contributed by atoms with van der Waals surface area (Å²) in [7, 11) is -5.17. The standard InChI is InChI=1S/Fe.H4N2.H2O4S/c;1-2;1-5(2,3)4/h;1-2H2;(H2,1,2,3,4)/q+2;;/p-2. The fourth-order valence-electron chi connectivity index (χ4n) is 0. The molecule has 0 amide bonds. The van der Waals surface area contributed by atoms with Gasteiger partial charge in [0.15, 0.2) is 0 Å². The normalized spacial score (nSPS) is 8.00. The van der Waals surface area contributed by atoms with E-state index in [0.717, 1.165) is 0 Å². The molecule has 0 bridgehead atoms. The first kappa shape index (κ1) is 15.7. The largest absolute Gasteiger partial charge is 2.00 e. The Morgan fingerprint density at radius 1 is 1.12 bits per heavy atom. The summed E-state index contributed by atoms with van der Waals surface area (Å²) in [6, 6.07) is 0. The Hall–Kier alpha value is 0.309. The second kappa shape index (κ2) is 7.31. The van der Waals surface area contributed by atoms with Crippen LogP contribution in [0.15, 0.2) is 0 Å². The molecule has 0 aliphatic rings. The molecule has 0 fully saturated rings. The molecule has 0 saturated carbocycles. The van der Waals surface area contributed by atoms with Crippen molar-refractivity contribution in [1.29, 1.82) is 0 Å². The first-order valence-corrected chi connectivity index (χ1v) is 2.33. The van der Waals surface area contributed by atoms with Crippen LogP contribution in [0.4, 0.5) is 0 Å². The maximum atomic E-state index is 8.52. The molecule has 0 atom stereocenters. The molecular formula is H4FeN2O4S. The van der Waals surface area contributed by atoms with E-state index in [1.165, 1.54) is 0 Å². The fourth-order valence-corrected chi connectivity index (χ4v) is 0. The van der Waals surface area contributed by atoms with Crippen molar-refractivity contribution in [3.8, 4) is 0 Å². The van der Waals surface area contributed by atoms with Gasteiger partial charge in [-0.15, -0.1) is 0 Å². The van der Waals surface area contributed by atoms with E-state index in [4.69, 9.17) is 17.5 Å². The third kappa shape index (κ3) is 1860. The van der Waals surface area contributed by atoms with Gasteiger partial charge in [-0.25, -0.2) is 0 Å². The van der Waals surface area contributed by atoms with Gasteiger partial charge in [-0.05, 0) is 0 Å². The van der Waals surface area contributed by atoms with E-state index < -0.39 is 10.4 Å². The molecule has 4 N–H and O–H groups in total. The van der Waals surface area contributed by atoms with Crippen LogP contribution in [0.3, 0.4) is 0 Å². The molecule has 0 spiro atoms. The fraction of sp³-hybridized carbons (Fsp3) is 0. The van der Waals surface area contributed by atoms with Crippen LogP contribution < -0.4 is 11.7 Å². The van der Waals surface area contributed by atoms with Gasteiger partial charge in [0.1, 0.15) is 0 Å². The van der Waals surface area contributed by atoms with E-state index in [1.54, 1.807) is 0 Å². The Labute approximate surface area is 57.3 Å². The van der Waals surface area contributed by atoms with Crippen LogP contribution in [0, 0.1) is 0 Å². The summed E-state index contributed by atoms with van der Waals surface area (Å²) in [5, 5.41) is 0. The van der Waals surface area contributed by atoms with Gasteiger partial charge in [0.25, 0.3) is 0 Å². The van der Waals surface area contributed by atoms with E-state index in [0.29, 0.717) is 0 Å². The van der Waals surface area contributed by atoms with Gasteiger partial charge < -0.3 is 9.11 Å². The topological polar surface area (TPSA) is 132 Å². The van der Waals surface area contributed by atoms with Gasteiger partial charge in [0.05, 0.1) is 0 Å². The Morgan fingerprint density at radius 2 is 1.12 bits per heavy atom. The Balaban J connectivity index is -0.0000000750. The van der Waals surface area contributed by atoms with Crippen molar-refractivity contribution in [2.75, 3.05) is 0 Å². The molecule has 0 aliphatic heterocycles. The van der Waals surface area contributed by atoms with Crippen molar-refractivity contribution in [2.24, 2.45) is 11.7 Å². The molecule has 6 nitrogen and oxygen atoms in total. The second-order valence-electron chi connectivity index (χ2n) is 0.408. The Morgan fingerprint density at radius 3 is 1.12 bits per heavy atom. The van der Waals surface area contributed by atoms with E-state index in [9.17, 15) is 0 Å². The van der Waals surface area contributed by atoms with Gasteiger partial charge in [0.2, 0.25) is 0 Å². The number of hydrogen-bond donors (Lipinski definition) is 2. The van der Waals surface area contributed by atoms with Gasteiger partial charge in [-0.1, -0.05) is 0 Å². The summed E-state index contributed by atoms with van der Waals surface area (Å²) in [6.45, 7) is 0. The summed E-state index contributed by atoms with van der Waals surface area (Å²) in [5.74, 6) is 8.00. The number of hydrogen-bond acceptors (Lipinski definition) is 6. The monoisotopic (exact) mass is 184 g/mol. The van der Waals surface area contributed by atoms with E-state index in [-0.39, 0.29) is 17.1 Å². The molecule has 0 unspecified atom stereocenters. The zero-order chi connectivity index (χ0) is 6.50.